The van der Waals surface area contributed by atoms with E-state index in [2.05, 4.69) is 0 Å². The van der Waals surface area contributed by atoms with Crippen molar-refractivity contribution in [1.29, 1.82) is 0 Å². The summed E-state index contributed by atoms with van der Waals surface area (Å²) < 4.78 is 41.7. The minimum absolute atomic E-state index is 0.0115. The molecule has 0 atom stereocenters. The van der Waals surface area contributed by atoms with Gasteiger partial charge in [-0.25, -0.2) is 9.59 Å². The number of hydrogen-bond acceptors (Lipinski definition) is 13. The summed E-state index contributed by atoms with van der Waals surface area (Å²) in [5.41, 5.74) is 1.68. The maximum atomic E-state index is 12.3. The molecule has 13 nitrogen and oxygen atoms in total. The second-order valence-electron chi connectivity index (χ2n) is 10.1. The van der Waals surface area contributed by atoms with Gasteiger partial charge in [0.15, 0.2) is 11.9 Å². The van der Waals surface area contributed by atoms with Crippen LogP contribution >= 0.6 is 0 Å². The van der Waals surface area contributed by atoms with Crippen molar-refractivity contribution in [2.24, 2.45) is 0 Å². The average molecular weight is 645 g/mol. The first-order chi connectivity index (χ1) is 22.1. The van der Waals surface area contributed by atoms with Gasteiger partial charge in [0.25, 0.3) is 0 Å². The molecule has 0 radical (unpaired) electrons. The van der Waals surface area contributed by atoms with Crippen LogP contribution in [0.5, 0.6) is 23.0 Å². The molecule has 0 amide bonds. The Bertz CT molecular complexity index is 1750. The van der Waals surface area contributed by atoms with Crippen molar-refractivity contribution in [2.75, 3.05) is 68.1 Å². The normalized spacial score (nSPS) is 11.0. The molecule has 2 aromatic carbocycles. The van der Waals surface area contributed by atoms with Gasteiger partial charge in [-0.15, -0.1) is 0 Å². The molecule has 4 aromatic rings. The summed E-state index contributed by atoms with van der Waals surface area (Å²) in [7, 11) is 6.13. The Balaban J connectivity index is 0.000000251. The van der Waals surface area contributed by atoms with E-state index < -0.39 is 11.3 Å². The molecule has 2 N–H and O–H groups in total. The zero-order valence-electron chi connectivity index (χ0n) is 26.9. The predicted octanol–water partition coefficient (Wildman–Crippen LogP) is 3.85. The van der Waals surface area contributed by atoms with Gasteiger partial charge in [-0.2, -0.15) is 0 Å². The highest BCUT2D eigenvalue weighted by Crippen LogP contribution is 2.36. The average Bonchev–Trinajstić information content (AvgIpc) is 3.02. The van der Waals surface area contributed by atoms with E-state index in [4.69, 9.17) is 37.3 Å². The summed E-state index contributed by atoms with van der Waals surface area (Å²) in [5, 5.41) is 20.7. The summed E-state index contributed by atoms with van der Waals surface area (Å²) in [5.74, 6) is 0.490. The maximum Gasteiger partial charge on any atom is 0.339 e. The number of fused-ring (bicyclic) bond motifs is 2. The smallest absolute Gasteiger partial charge is 0.339 e. The van der Waals surface area contributed by atoms with Crippen LogP contribution in [0.15, 0.2) is 36.6 Å². The fraction of sp³-hybridized carbons (Fsp3) is 0.424. The number of methoxy groups -OCH3 is 4. The van der Waals surface area contributed by atoms with E-state index in [1.807, 2.05) is 6.92 Å². The minimum atomic E-state index is -0.564. The van der Waals surface area contributed by atoms with Gasteiger partial charge >= 0.3 is 11.3 Å². The molecule has 2 heterocycles. The summed E-state index contributed by atoms with van der Waals surface area (Å²) in [6.07, 6.45) is 1.25. The zero-order valence-corrected chi connectivity index (χ0v) is 26.9. The van der Waals surface area contributed by atoms with E-state index in [1.165, 1.54) is 32.4 Å². The van der Waals surface area contributed by atoms with Crippen LogP contribution in [0, 0.1) is 13.8 Å². The fourth-order valence-corrected chi connectivity index (χ4v) is 4.90. The first-order valence-electron chi connectivity index (χ1n) is 14.4. The molecule has 0 unspecified atom stereocenters. The van der Waals surface area contributed by atoms with Crippen molar-refractivity contribution in [2.45, 2.75) is 26.7 Å². The van der Waals surface area contributed by atoms with Gasteiger partial charge in [-0.1, -0.05) is 0 Å². The molecule has 4 rings (SSSR count). The second-order valence-corrected chi connectivity index (χ2v) is 10.1. The van der Waals surface area contributed by atoms with Gasteiger partial charge in [0, 0.05) is 56.4 Å². The van der Waals surface area contributed by atoms with Crippen LogP contribution < -0.4 is 20.7 Å². The van der Waals surface area contributed by atoms with Crippen molar-refractivity contribution < 1.29 is 52.3 Å². The Morgan fingerprint density at radius 1 is 0.696 bits per heavy atom. The van der Waals surface area contributed by atoms with Gasteiger partial charge in [0.1, 0.15) is 28.6 Å². The topological polar surface area (TPSA) is 173 Å². The Kier molecular flexibility index (Phi) is 13.6. The SMILES string of the molecule is COCCOCCc1c(C)c2c(OC)cc(O)c(C=O)c2oc1=O.COCCOCCc1c(C)c2c(OC)cc(O)cc2oc1=O. The van der Waals surface area contributed by atoms with Gasteiger partial charge in [-0.3, -0.25) is 4.79 Å². The Labute approximate surface area is 265 Å². The highest BCUT2D eigenvalue weighted by atomic mass is 16.5. The van der Waals surface area contributed by atoms with E-state index in [0.717, 1.165) is 5.56 Å². The van der Waals surface area contributed by atoms with Crippen molar-refractivity contribution >= 4 is 28.2 Å². The molecule has 0 aliphatic rings. The number of hydrogen-bond donors (Lipinski definition) is 2. The molecule has 250 valence electrons. The highest BCUT2D eigenvalue weighted by Gasteiger charge is 2.21. The van der Waals surface area contributed by atoms with E-state index in [9.17, 15) is 24.6 Å². The number of benzene rings is 2. The molecule has 0 spiro atoms. The van der Waals surface area contributed by atoms with E-state index >= 15 is 0 Å². The first-order valence-corrected chi connectivity index (χ1v) is 14.4. The number of phenols is 2. The summed E-state index contributed by atoms with van der Waals surface area (Å²) in [4.78, 5) is 35.6. The molecular formula is C33H40O13. The van der Waals surface area contributed by atoms with E-state index in [0.29, 0.717) is 103 Å². The quantitative estimate of drug-likeness (QED) is 0.109. The van der Waals surface area contributed by atoms with Crippen LogP contribution in [-0.2, 0) is 31.8 Å². The Hall–Kier alpha value is -4.43. The number of carbonyl (C=O) groups is 1. The number of aldehydes is 1. The molecule has 0 fully saturated rings. The number of phenolic OH excluding ortho intramolecular Hbond substituents is 2. The van der Waals surface area contributed by atoms with Gasteiger partial charge < -0.3 is 47.5 Å². The molecule has 13 heteroatoms. The number of aromatic hydroxyl groups is 2. The standard InChI is InChI=1S/C17H20O7.C16H20O6/c1-10-11(4-5-23-7-6-21-2)17(20)24-16-12(9-18)13(19)8-14(22-3)15(10)16;1-10-12(4-5-21-7-6-19-2)16(18)22-14-9-11(17)8-13(20-3)15(10)14/h8-9,19H,4-7H2,1-3H3;8-9,17H,4-7H2,1-3H3. The molecular weight excluding hydrogens is 604 g/mol. The summed E-state index contributed by atoms with van der Waals surface area (Å²) >= 11 is 0. The highest BCUT2D eigenvalue weighted by molar-refractivity contribution is 6.01. The summed E-state index contributed by atoms with van der Waals surface area (Å²) in [6, 6.07) is 4.23. The van der Waals surface area contributed by atoms with Gasteiger partial charge in [0.2, 0.25) is 0 Å². The molecule has 2 aromatic heterocycles. The fourth-order valence-electron chi connectivity index (χ4n) is 4.90. The van der Waals surface area contributed by atoms with Crippen LogP contribution in [0.3, 0.4) is 0 Å². The number of carbonyl (C=O) groups excluding carboxylic acids is 1. The lowest BCUT2D eigenvalue weighted by molar-refractivity contribution is 0.0720. The monoisotopic (exact) mass is 644 g/mol. The van der Waals surface area contributed by atoms with E-state index in [-0.39, 0.29) is 22.6 Å². The Morgan fingerprint density at radius 3 is 1.74 bits per heavy atom. The van der Waals surface area contributed by atoms with Crippen LogP contribution in [0.2, 0.25) is 0 Å². The summed E-state index contributed by atoms with van der Waals surface area (Å²) in [6.45, 7) is 6.22. The number of rotatable bonds is 15. The molecule has 0 saturated heterocycles. The first kappa shape index (κ1) is 36.0. The van der Waals surface area contributed by atoms with Crippen molar-refractivity contribution in [3.05, 3.63) is 66.9 Å². The van der Waals surface area contributed by atoms with Crippen molar-refractivity contribution in [1.82, 2.24) is 0 Å². The molecule has 0 aliphatic heterocycles. The van der Waals surface area contributed by atoms with Gasteiger partial charge in [-0.05, 0) is 25.0 Å². The van der Waals surface area contributed by atoms with Crippen molar-refractivity contribution in [3.8, 4) is 23.0 Å². The van der Waals surface area contributed by atoms with Crippen LogP contribution in [0.4, 0.5) is 0 Å². The largest absolute Gasteiger partial charge is 0.508 e. The lowest BCUT2D eigenvalue weighted by Gasteiger charge is -2.13. The van der Waals surface area contributed by atoms with Crippen molar-refractivity contribution in [3.63, 3.8) is 0 Å². The molecule has 0 aliphatic carbocycles. The number of ether oxygens (including phenoxy) is 6. The third-order valence-corrected chi connectivity index (χ3v) is 7.27. The molecule has 46 heavy (non-hydrogen) atoms. The lowest BCUT2D eigenvalue weighted by atomic mass is 10.0. The predicted molar refractivity (Wildman–Crippen MR) is 169 cm³/mol. The minimum Gasteiger partial charge on any atom is -0.508 e. The maximum absolute atomic E-state index is 12.3. The van der Waals surface area contributed by atoms with Crippen LogP contribution in [0.25, 0.3) is 21.9 Å². The van der Waals surface area contributed by atoms with Crippen LogP contribution in [-0.4, -0.2) is 84.6 Å². The third kappa shape index (κ3) is 8.43. The zero-order chi connectivity index (χ0) is 33.8. The van der Waals surface area contributed by atoms with Crippen LogP contribution in [0.1, 0.15) is 32.6 Å². The third-order valence-electron chi connectivity index (χ3n) is 7.27. The van der Waals surface area contributed by atoms with E-state index in [1.54, 1.807) is 21.1 Å². The second kappa shape index (κ2) is 17.3. The number of aryl methyl sites for hydroxylation is 2. The molecule has 0 saturated carbocycles. The lowest BCUT2D eigenvalue weighted by Crippen LogP contribution is -2.15. The Morgan fingerprint density at radius 2 is 1.22 bits per heavy atom. The van der Waals surface area contributed by atoms with Gasteiger partial charge in [0.05, 0.1) is 70.2 Å². The molecule has 0 bridgehead atoms.